The molecule has 0 aromatic heterocycles. The summed E-state index contributed by atoms with van der Waals surface area (Å²) in [6.07, 6.45) is 1.38. The average molecular weight is 487 g/mol. The number of carbonyl (C=O) groups is 2. The molecule has 3 aromatic carbocycles. The van der Waals surface area contributed by atoms with Gasteiger partial charge >= 0.3 is 0 Å². The molecule has 9 heteroatoms. The summed E-state index contributed by atoms with van der Waals surface area (Å²) in [4.78, 5) is 24.1. The molecule has 0 saturated carbocycles. The fraction of sp³-hybridized carbons (Fsp3) is 0.0833. The first kappa shape index (κ1) is 24.2. The van der Waals surface area contributed by atoms with Gasteiger partial charge in [0.15, 0.2) is 5.78 Å². The Balaban J connectivity index is 1.97. The maximum atomic E-state index is 13.4. The number of nitrogens with zero attached hydrogens (tertiary/aromatic N) is 1. The van der Waals surface area contributed by atoms with E-state index >= 15 is 0 Å². The maximum Gasteiger partial charge on any atom is 0.266 e. The number of hydrogen-bond acceptors (Lipinski definition) is 4. The van der Waals surface area contributed by atoms with Crippen molar-refractivity contribution < 1.29 is 22.4 Å². The topological polar surface area (TPSA) is 83.6 Å². The molecule has 0 atom stereocenters. The van der Waals surface area contributed by atoms with Gasteiger partial charge < -0.3 is 5.32 Å². The molecule has 0 spiro atoms. The number of nitrogens with one attached hydrogen (secondary N) is 1. The second-order valence-corrected chi connectivity index (χ2v) is 9.28. The summed E-state index contributed by atoms with van der Waals surface area (Å²) >= 11 is 6.20. The third-order valence-electron chi connectivity index (χ3n) is 4.70. The molecule has 0 saturated heterocycles. The Kier molecular flexibility index (Phi) is 7.30. The van der Waals surface area contributed by atoms with Crippen molar-refractivity contribution >= 4 is 44.7 Å². The van der Waals surface area contributed by atoms with Crippen LogP contribution in [0.25, 0.3) is 0 Å². The molecule has 0 aliphatic rings. The van der Waals surface area contributed by atoms with Gasteiger partial charge in [-0.3, -0.25) is 13.9 Å². The highest BCUT2D eigenvalue weighted by molar-refractivity contribution is 7.93. The smallest absolute Gasteiger partial charge is 0.266 e. The summed E-state index contributed by atoms with van der Waals surface area (Å²) in [5.74, 6) is -1.25. The second-order valence-electron chi connectivity index (χ2n) is 7.04. The molecule has 6 nitrogen and oxygen atoms in total. The minimum atomic E-state index is -4.22. The number of benzene rings is 3. The van der Waals surface area contributed by atoms with E-state index < -0.39 is 21.7 Å². The van der Waals surface area contributed by atoms with E-state index in [1.807, 2.05) is 0 Å². The quantitative estimate of drug-likeness (QED) is 0.345. The molecule has 3 rings (SSSR count). The van der Waals surface area contributed by atoms with Crippen LogP contribution in [-0.4, -0.2) is 26.7 Å². The predicted molar refractivity (Wildman–Crippen MR) is 127 cm³/mol. The van der Waals surface area contributed by atoms with Crippen molar-refractivity contribution in [1.29, 1.82) is 0 Å². The zero-order chi connectivity index (χ0) is 24.2. The molecule has 0 radical (unpaired) electrons. The van der Waals surface area contributed by atoms with Crippen molar-refractivity contribution in [3.05, 3.63) is 101 Å². The summed E-state index contributed by atoms with van der Waals surface area (Å²) < 4.78 is 41.2. The highest BCUT2D eigenvalue weighted by Gasteiger charge is 2.27. The Labute approximate surface area is 196 Å². The van der Waals surface area contributed by atoms with E-state index in [9.17, 15) is 22.4 Å². The number of sulfonamides is 1. The molecule has 1 N–H and O–H groups in total. The molecule has 0 aliphatic heterocycles. The lowest BCUT2D eigenvalue weighted by atomic mass is 10.1. The molecule has 33 heavy (non-hydrogen) atoms. The molecule has 0 fully saturated rings. The number of hydrogen-bond donors (Lipinski definition) is 1. The Morgan fingerprint density at radius 1 is 1.06 bits per heavy atom. The van der Waals surface area contributed by atoms with Crippen LogP contribution < -0.4 is 9.62 Å². The fourth-order valence-corrected chi connectivity index (χ4v) is 4.99. The molecular weight excluding hydrogens is 467 g/mol. The van der Waals surface area contributed by atoms with Crippen molar-refractivity contribution in [1.82, 2.24) is 0 Å². The minimum Gasteiger partial charge on any atom is -0.322 e. The number of amides is 1. The molecule has 0 bridgehead atoms. The standard InChI is InChI=1S/C24H20ClFN2O4S/c1-3-13-28(21-10-8-19(26)9-11-21)33(31,32)23-15-18(7-12-22(23)25)24(30)27-20-6-4-5-17(14-20)16(2)29/h3-12,14-15H,1,13H2,2H3,(H,27,30). The van der Waals surface area contributed by atoms with E-state index in [1.54, 1.807) is 18.2 Å². The van der Waals surface area contributed by atoms with Crippen molar-refractivity contribution in [2.75, 3.05) is 16.2 Å². The molecule has 1 amide bonds. The molecule has 0 heterocycles. The number of anilines is 2. The van der Waals surface area contributed by atoms with Crippen LogP contribution in [0.3, 0.4) is 0 Å². The van der Waals surface area contributed by atoms with Gasteiger partial charge in [0.05, 0.1) is 17.3 Å². The lowest BCUT2D eigenvalue weighted by molar-refractivity contribution is 0.101. The Morgan fingerprint density at radius 3 is 2.39 bits per heavy atom. The van der Waals surface area contributed by atoms with Crippen LogP contribution in [0.15, 0.2) is 84.3 Å². The van der Waals surface area contributed by atoms with Gasteiger partial charge in [0.1, 0.15) is 10.7 Å². The predicted octanol–water partition coefficient (Wildman–Crippen LogP) is 5.32. The SMILES string of the molecule is C=CCN(c1ccc(F)cc1)S(=O)(=O)c1cc(C(=O)Nc2cccc(C(C)=O)c2)ccc1Cl. The van der Waals surface area contributed by atoms with Gasteiger partial charge in [-0.1, -0.05) is 29.8 Å². The molecule has 3 aromatic rings. The first-order valence-electron chi connectivity index (χ1n) is 9.74. The Morgan fingerprint density at radius 2 is 1.76 bits per heavy atom. The summed E-state index contributed by atoms with van der Waals surface area (Å²) in [7, 11) is -4.22. The number of ketones is 1. The van der Waals surface area contributed by atoms with Crippen molar-refractivity contribution in [3.8, 4) is 0 Å². The zero-order valence-corrected chi connectivity index (χ0v) is 19.2. The first-order valence-corrected chi connectivity index (χ1v) is 11.6. The average Bonchev–Trinajstić information content (AvgIpc) is 2.78. The van der Waals surface area contributed by atoms with Crippen LogP contribution >= 0.6 is 11.6 Å². The van der Waals surface area contributed by atoms with Gasteiger partial charge in [0, 0.05) is 16.8 Å². The largest absolute Gasteiger partial charge is 0.322 e. The van der Waals surface area contributed by atoms with E-state index in [0.29, 0.717) is 11.3 Å². The summed E-state index contributed by atoms with van der Waals surface area (Å²) in [5, 5.41) is 2.56. The third kappa shape index (κ3) is 5.47. The van der Waals surface area contributed by atoms with Crippen molar-refractivity contribution in [2.45, 2.75) is 11.8 Å². The van der Waals surface area contributed by atoms with E-state index in [4.69, 9.17) is 11.6 Å². The highest BCUT2D eigenvalue weighted by atomic mass is 35.5. The lowest BCUT2D eigenvalue weighted by Gasteiger charge is -2.24. The monoisotopic (exact) mass is 486 g/mol. The molecule has 0 aliphatic carbocycles. The van der Waals surface area contributed by atoms with Gasteiger partial charge in [0.2, 0.25) is 0 Å². The minimum absolute atomic E-state index is 0.0452. The lowest BCUT2D eigenvalue weighted by Crippen LogP contribution is -2.31. The third-order valence-corrected chi connectivity index (χ3v) is 6.97. The van der Waals surface area contributed by atoms with Crippen LogP contribution in [-0.2, 0) is 10.0 Å². The molecule has 0 unspecified atom stereocenters. The number of Topliss-reactive ketones (excluding diaryl/α,β-unsaturated/α-hetero) is 1. The van der Waals surface area contributed by atoms with Crippen LogP contribution in [0, 0.1) is 5.82 Å². The highest BCUT2D eigenvalue weighted by Crippen LogP contribution is 2.30. The Bertz CT molecular complexity index is 1320. The van der Waals surface area contributed by atoms with Gasteiger partial charge in [-0.2, -0.15) is 0 Å². The van der Waals surface area contributed by atoms with Crippen LogP contribution in [0.5, 0.6) is 0 Å². The van der Waals surface area contributed by atoms with Crippen LogP contribution in [0.4, 0.5) is 15.8 Å². The van der Waals surface area contributed by atoms with Gasteiger partial charge in [0.25, 0.3) is 15.9 Å². The van der Waals surface area contributed by atoms with Gasteiger partial charge in [-0.15, -0.1) is 6.58 Å². The van der Waals surface area contributed by atoms with E-state index in [-0.39, 0.29) is 33.5 Å². The summed E-state index contributed by atoms with van der Waals surface area (Å²) in [5.41, 5.74) is 1.06. The summed E-state index contributed by atoms with van der Waals surface area (Å²) in [6, 6.07) is 15.2. The van der Waals surface area contributed by atoms with Gasteiger partial charge in [-0.25, -0.2) is 12.8 Å². The first-order chi connectivity index (χ1) is 15.6. The van der Waals surface area contributed by atoms with E-state index in [1.165, 1.54) is 49.4 Å². The van der Waals surface area contributed by atoms with E-state index in [2.05, 4.69) is 11.9 Å². The van der Waals surface area contributed by atoms with E-state index in [0.717, 1.165) is 16.4 Å². The number of carbonyl (C=O) groups excluding carboxylic acids is 2. The summed E-state index contributed by atoms with van der Waals surface area (Å²) in [6.45, 7) is 4.90. The van der Waals surface area contributed by atoms with Crippen LogP contribution in [0.2, 0.25) is 5.02 Å². The molecular formula is C24H20ClFN2O4S. The molecule has 170 valence electrons. The van der Waals surface area contributed by atoms with Crippen LogP contribution in [0.1, 0.15) is 27.6 Å². The van der Waals surface area contributed by atoms with Crippen molar-refractivity contribution in [3.63, 3.8) is 0 Å². The number of rotatable bonds is 8. The Hall–Kier alpha value is -3.49. The second kappa shape index (κ2) is 9.97. The zero-order valence-electron chi connectivity index (χ0n) is 17.6. The number of halogens is 2. The normalized spacial score (nSPS) is 11.0. The fourth-order valence-electron chi connectivity index (χ4n) is 3.05. The van der Waals surface area contributed by atoms with Crippen molar-refractivity contribution in [2.24, 2.45) is 0 Å². The van der Waals surface area contributed by atoms with Gasteiger partial charge in [-0.05, 0) is 61.5 Å². The maximum absolute atomic E-state index is 13.4.